The van der Waals surface area contributed by atoms with Crippen molar-refractivity contribution in [2.45, 2.75) is 26.3 Å². The van der Waals surface area contributed by atoms with E-state index in [4.69, 9.17) is 0 Å². The Kier molecular flexibility index (Phi) is 4.17. The third-order valence-corrected chi connectivity index (χ3v) is 3.52. The predicted octanol–water partition coefficient (Wildman–Crippen LogP) is 1.47. The summed E-state index contributed by atoms with van der Waals surface area (Å²) in [5, 5.41) is 2.89. The maximum atomic E-state index is 11.4. The molecule has 2 rings (SSSR count). The number of carbonyl (C=O) groups excluding carboxylic acids is 2. The average molecular weight is 273 g/mol. The lowest BCUT2D eigenvalue weighted by molar-refractivity contribution is -0.117. The molecular formula is C15H19N3O2. The highest BCUT2D eigenvalue weighted by Crippen LogP contribution is 2.21. The minimum absolute atomic E-state index is 0.0269. The molecule has 5 nitrogen and oxygen atoms in total. The van der Waals surface area contributed by atoms with Gasteiger partial charge in [-0.15, -0.1) is 0 Å². The Labute approximate surface area is 118 Å². The van der Waals surface area contributed by atoms with Crippen LogP contribution in [0.1, 0.15) is 29.3 Å². The molecule has 1 aromatic rings. The Bertz CT molecular complexity index is 554. The number of nitrogens with one attached hydrogen (secondary N) is 1. The first-order valence-corrected chi connectivity index (χ1v) is 6.66. The average Bonchev–Trinajstić information content (AvgIpc) is 2.86. The van der Waals surface area contributed by atoms with Crippen molar-refractivity contribution in [2.75, 3.05) is 18.0 Å². The van der Waals surface area contributed by atoms with Crippen molar-refractivity contribution in [2.24, 2.45) is 0 Å². The smallest absolute Gasteiger partial charge is 0.243 e. The van der Waals surface area contributed by atoms with Crippen LogP contribution in [0.4, 0.5) is 5.82 Å². The monoisotopic (exact) mass is 273 g/mol. The number of nitrogens with zero attached hydrogens (tertiary/aromatic N) is 2. The van der Waals surface area contributed by atoms with E-state index in [9.17, 15) is 9.59 Å². The lowest BCUT2D eigenvalue weighted by atomic mass is 10.1. The number of aryl methyl sites for hydroxylation is 1. The van der Waals surface area contributed by atoms with E-state index in [0.717, 1.165) is 30.9 Å². The fourth-order valence-electron chi connectivity index (χ4n) is 2.43. The molecule has 1 saturated heterocycles. The lowest BCUT2D eigenvalue weighted by Gasteiger charge is -2.18. The van der Waals surface area contributed by atoms with Crippen LogP contribution < -0.4 is 10.2 Å². The third kappa shape index (κ3) is 3.04. The molecule has 1 aromatic heterocycles. The van der Waals surface area contributed by atoms with Gasteiger partial charge in [-0.05, 0) is 38.0 Å². The molecule has 0 radical (unpaired) electrons. The van der Waals surface area contributed by atoms with Crippen LogP contribution in [0, 0.1) is 6.92 Å². The second kappa shape index (κ2) is 5.86. The van der Waals surface area contributed by atoms with Gasteiger partial charge in [-0.25, -0.2) is 4.98 Å². The first-order chi connectivity index (χ1) is 9.51. The molecule has 1 atom stereocenters. The van der Waals surface area contributed by atoms with Gasteiger partial charge in [0.15, 0.2) is 5.78 Å². The molecule has 1 N–H and O–H groups in total. The SMILES string of the molecule is C=CC(=O)N[C@H]1CCN(c2cc(C)c(C(C)=O)cn2)C1. The van der Waals surface area contributed by atoms with E-state index in [1.54, 1.807) is 13.1 Å². The van der Waals surface area contributed by atoms with Crippen LogP contribution in [0.3, 0.4) is 0 Å². The molecular weight excluding hydrogens is 254 g/mol. The summed E-state index contributed by atoms with van der Waals surface area (Å²) >= 11 is 0. The van der Waals surface area contributed by atoms with E-state index in [1.165, 1.54) is 6.08 Å². The molecule has 5 heteroatoms. The Morgan fingerprint density at radius 3 is 2.90 bits per heavy atom. The minimum atomic E-state index is -0.145. The normalized spacial score (nSPS) is 17.9. The van der Waals surface area contributed by atoms with Crippen molar-refractivity contribution in [3.05, 3.63) is 36.0 Å². The maximum absolute atomic E-state index is 11.4. The second-order valence-corrected chi connectivity index (χ2v) is 5.06. The summed E-state index contributed by atoms with van der Waals surface area (Å²) in [5.74, 6) is 0.731. The molecule has 1 aliphatic rings. The summed E-state index contributed by atoms with van der Waals surface area (Å²) in [4.78, 5) is 29.1. The van der Waals surface area contributed by atoms with Crippen molar-refractivity contribution < 1.29 is 9.59 Å². The molecule has 0 aliphatic carbocycles. The van der Waals surface area contributed by atoms with Crippen LogP contribution in [-0.2, 0) is 4.79 Å². The first kappa shape index (κ1) is 14.2. The Morgan fingerprint density at radius 1 is 1.55 bits per heavy atom. The highest BCUT2D eigenvalue weighted by atomic mass is 16.1. The molecule has 0 spiro atoms. The Morgan fingerprint density at radius 2 is 2.30 bits per heavy atom. The van der Waals surface area contributed by atoms with Crippen molar-refractivity contribution in [3.8, 4) is 0 Å². The molecule has 106 valence electrons. The summed E-state index contributed by atoms with van der Waals surface area (Å²) in [6.45, 7) is 8.47. The number of aromatic nitrogens is 1. The fourth-order valence-corrected chi connectivity index (χ4v) is 2.43. The van der Waals surface area contributed by atoms with E-state index in [-0.39, 0.29) is 17.7 Å². The highest BCUT2D eigenvalue weighted by Gasteiger charge is 2.24. The summed E-state index contributed by atoms with van der Waals surface area (Å²) in [5.41, 5.74) is 1.59. The molecule has 0 bridgehead atoms. The van der Waals surface area contributed by atoms with Crippen molar-refractivity contribution in [3.63, 3.8) is 0 Å². The van der Waals surface area contributed by atoms with Crippen molar-refractivity contribution in [1.29, 1.82) is 0 Å². The number of Topliss-reactive ketones (excluding diaryl/α,β-unsaturated/α-hetero) is 1. The second-order valence-electron chi connectivity index (χ2n) is 5.06. The first-order valence-electron chi connectivity index (χ1n) is 6.66. The summed E-state index contributed by atoms with van der Waals surface area (Å²) < 4.78 is 0. The van der Waals surface area contributed by atoms with Gasteiger partial charge in [0.2, 0.25) is 5.91 Å². The zero-order valence-corrected chi connectivity index (χ0v) is 11.8. The van der Waals surface area contributed by atoms with E-state index in [0.29, 0.717) is 5.56 Å². The number of carbonyl (C=O) groups is 2. The Balaban J connectivity index is 2.06. The van der Waals surface area contributed by atoms with Crippen LogP contribution >= 0.6 is 0 Å². The number of hydrogen-bond acceptors (Lipinski definition) is 4. The van der Waals surface area contributed by atoms with Crippen molar-refractivity contribution in [1.82, 2.24) is 10.3 Å². The molecule has 2 heterocycles. The molecule has 1 fully saturated rings. The number of ketones is 1. The van der Waals surface area contributed by atoms with Gasteiger partial charge in [0.1, 0.15) is 5.82 Å². The van der Waals surface area contributed by atoms with Crippen molar-refractivity contribution >= 4 is 17.5 Å². The van der Waals surface area contributed by atoms with Gasteiger partial charge < -0.3 is 10.2 Å². The van der Waals surface area contributed by atoms with Gasteiger partial charge in [-0.3, -0.25) is 9.59 Å². The van der Waals surface area contributed by atoms with E-state index >= 15 is 0 Å². The van der Waals surface area contributed by atoms with Crippen LogP contribution in [0.15, 0.2) is 24.9 Å². The highest BCUT2D eigenvalue weighted by molar-refractivity contribution is 5.95. The predicted molar refractivity (Wildman–Crippen MR) is 77.9 cm³/mol. The van der Waals surface area contributed by atoms with Crippen LogP contribution in [0.5, 0.6) is 0 Å². The standard InChI is InChI=1S/C15H19N3O2/c1-4-15(20)17-12-5-6-18(9-12)14-7-10(2)13(8-16-14)11(3)19/h4,7-8,12H,1,5-6,9H2,2-3H3,(H,17,20)/t12-/m0/s1. The Hall–Kier alpha value is -2.17. The topological polar surface area (TPSA) is 62.3 Å². The molecule has 0 saturated carbocycles. The molecule has 1 aliphatic heterocycles. The number of anilines is 1. The zero-order chi connectivity index (χ0) is 14.7. The summed E-state index contributed by atoms with van der Waals surface area (Å²) in [7, 11) is 0. The maximum Gasteiger partial charge on any atom is 0.243 e. The largest absolute Gasteiger partial charge is 0.354 e. The van der Waals surface area contributed by atoms with E-state index in [1.807, 2.05) is 13.0 Å². The van der Waals surface area contributed by atoms with Crippen LogP contribution in [0.2, 0.25) is 0 Å². The fraction of sp³-hybridized carbons (Fsp3) is 0.400. The summed E-state index contributed by atoms with van der Waals surface area (Å²) in [6, 6.07) is 2.05. The number of amides is 1. The van der Waals surface area contributed by atoms with Gasteiger partial charge in [0, 0.05) is 30.9 Å². The number of pyridine rings is 1. The van der Waals surface area contributed by atoms with Gasteiger partial charge in [-0.1, -0.05) is 6.58 Å². The number of hydrogen-bond donors (Lipinski definition) is 1. The van der Waals surface area contributed by atoms with Gasteiger partial charge in [0.25, 0.3) is 0 Å². The minimum Gasteiger partial charge on any atom is -0.354 e. The molecule has 0 unspecified atom stereocenters. The summed E-state index contributed by atoms with van der Waals surface area (Å²) in [6.07, 6.45) is 3.80. The van der Waals surface area contributed by atoms with E-state index < -0.39 is 0 Å². The quantitative estimate of drug-likeness (QED) is 0.666. The number of rotatable bonds is 4. The van der Waals surface area contributed by atoms with Gasteiger partial charge in [0.05, 0.1) is 0 Å². The van der Waals surface area contributed by atoms with Gasteiger partial charge >= 0.3 is 0 Å². The van der Waals surface area contributed by atoms with Crippen LogP contribution in [0.25, 0.3) is 0 Å². The van der Waals surface area contributed by atoms with E-state index in [2.05, 4.69) is 21.8 Å². The zero-order valence-electron chi connectivity index (χ0n) is 11.8. The molecule has 1 amide bonds. The third-order valence-electron chi connectivity index (χ3n) is 3.52. The lowest BCUT2D eigenvalue weighted by Crippen LogP contribution is -2.36. The molecule has 0 aromatic carbocycles. The molecule has 20 heavy (non-hydrogen) atoms. The van der Waals surface area contributed by atoms with Gasteiger partial charge in [-0.2, -0.15) is 0 Å². The van der Waals surface area contributed by atoms with Crippen LogP contribution in [-0.4, -0.2) is 35.8 Å².